The number of phenolic OH excluding ortho intramolecular Hbond substituents is 4. The van der Waals surface area contributed by atoms with Gasteiger partial charge in [0.1, 0.15) is 84.8 Å². The van der Waals surface area contributed by atoms with Crippen LogP contribution in [-0.2, 0) is 125 Å². The van der Waals surface area contributed by atoms with Crippen molar-refractivity contribution >= 4 is 204 Å². The number of amides is 1. The zero-order chi connectivity index (χ0) is 84.9. The Hall–Kier alpha value is -11.6. The summed E-state index contributed by atoms with van der Waals surface area (Å²) in [5, 5.41) is 97.6. The minimum atomic E-state index is -5.37. The van der Waals surface area contributed by atoms with Crippen molar-refractivity contribution in [3.05, 3.63) is 170 Å². The quantitative estimate of drug-likeness (QED) is 0.0163. The number of carboxylic acid groups (broad SMARTS) is 1. The fraction of sp³-hybridized carbons (Fsp3) is 0.0469. The number of aromatic hydroxyl groups is 4. The molecule has 624 valence electrons. The first-order valence-electron chi connectivity index (χ1n) is 31.1. The van der Waals surface area contributed by atoms with Gasteiger partial charge in [0, 0.05) is 80.0 Å². The van der Waals surface area contributed by atoms with E-state index in [1.807, 2.05) is 0 Å². The normalized spacial score (nSPS) is 14.1. The number of anilines is 2. The van der Waals surface area contributed by atoms with E-state index in [9.17, 15) is 134 Å². The number of benzene rings is 11. The molecule has 0 saturated carbocycles. The van der Waals surface area contributed by atoms with Crippen LogP contribution in [0.15, 0.2) is 260 Å². The van der Waals surface area contributed by atoms with Gasteiger partial charge in [-0.25, -0.2) is 46.9 Å². The molecule has 1 heterocycles. The van der Waals surface area contributed by atoms with E-state index < -0.39 is 179 Å². The van der Waals surface area contributed by atoms with Crippen LogP contribution in [0.2, 0.25) is 0 Å². The van der Waals surface area contributed by atoms with Gasteiger partial charge in [-0.15, -0.1) is 20.5 Å². The van der Waals surface area contributed by atoms with Gasteiger partial charge in [-0.2, -0.15) is 66.0 Å². The number of fused-ring (bicyclic) bond motifs is 4. The zero-order valence-electron chi connectivity index (χ0n) is 57.4. The molecular weight excluding hydrogens is 1830 g/mol. The summed E-state index contributed by atoms with van der Waals surface area (Å²) in [7, 11) is -39.9. The van der Waals surface area contributed by atoms with E-state index in [-0.39, 0.29) is 135 Å². The molecule has 11 aromatic rings. The summed E-state index contributed by atoms with van der Waals surface area (Å²) in [5.41, 5.74) is -3.22. The average Bonchev–Trinajstić information content (AvgIpc) is 1.02. The minimum absolute atomic E-state index is 0. The molecule has 0 bridgehead atoms. The second-order valence-corrected chi connectivity index (χ2v) is 35.0. The van der Waals surface area contributed by atoms with E-state index in [0.717, 1.165) is 91.0 Å². The summed E-state index contributed by atoms with van der Waals surface area (Å²) >= 11 is 0. The second-order valence-electron chi connectivity index (χ2n) is 23.8. The molecule has 1 aliphatic heterocycles. The molecule has 11 aromatic carbocycles. The van der Waals surface area contributed by atoms with Crippen molar-refractivity contribution in [3.8, 4) is 23.0 Å². The predicted octanol–water partition coefficient (Wildman–Crippen LogP) is 9.72. The fourth-order valence-corrected chi connectivity index (χ4v) is 15.5. The number of azo groups is 5. The first-order chi connectivity index (χ1) is 53.9. The summed E-state index contributed by atoms with van der Waals surface area (Å²) in [6.45, 7) is -0.213. The number of rotatable bonds is 23. The van der Waals surface area contributed by atoms with Gasteiger partial charge in [0.05, 0.1) is 74.1 Å². The maximum atomic E-state index is 13.2. The maximum absolute atomic E-state index is 13.2. The van der Waals surface area contributed by atoms with Gasteiger partial charge in [-0.1, -0.05) is 24.3 Å². The van der Waals surface area contributed by atoms with Crippen molar-refractivity contribution in [2.24, 2.45) is 56.2 Å². The third kappa shape index (κ3) is 21.0. The first-order valence-corrected chi connectivity index (χ1v) is 42.6. The van der Waals surface area contributed by atoms with Crippen LogP contribution in [0.3, 0.4) is 0 Å². The van der Waals surface area contributed by atoms with Crippen molar-refractivity contribution in [3.63, 3.8) is 0 Å². The van der Waals surface area contributed by atoms with Gasteiger partial charge in [0.15, 0.2) is 17.2 Å². The van der Waals surface area contributed by atoms with Crippen molar-refractivity contribution in [1.29, 1.82) is 0 Å². The molecule has 1 aliphatic rings. The number of carboxylic acids is 1. The topological polar surface area (TPSA) is 736 Å². The molecule has 0 spiro atoms. The van der Waals surface area contributed by atoms with E-state index in [4.69, 9.17) is 4.55 Å². The van der Waals surface area contributed by atoms with E-state index in [1.54, 1.807) is 0 Å². The Morgan fingerprint density at radius 1 is 0.407 bits per heavy atom. The number of aliphatic carboxylic acids is 1. The number of carbonyl (C=O) groups is 2. The molecule has 9 N–H and O–H groups in total. The third-order valence-corrected chi connectivity index (χ3v) is 22.7. The van der Waals surface area contributed by atoms with Crippen molar-refractivity contribution < 1.29 is 173 Å². The molecule has 44 nitrogen and oxygen atoms in total. The van der Waals surface area contributed by atoms with E-state index in [0.29, 0.717) is 17.1 Å². The minimum Gasteiger partial charge on any atom is -0.744 e. The van der Waals surface area contributed by atoms with Crippen LogP contribution >= 0.6 is 0 Å². The Balaban J connectivity index is 0.000000272. The van der Waals surface area contributed by atoms with Crippen molar-refractivity contribution in [2.45, 2.75) is 40.3 Å². The molecule has 54 heteroatoms. The van der Waals surface area contributed by atoms with Gasteiger partial charge in [0.2, 0.25) is 6.04 Å². The van der Waals surface area contributed by atoms with Gasteiger partial charge < -0.3 is 53.6 Å². The Labute approximate surface area is 684 Å². The first kappa shape index (κ1) is 90.3. The number of nitrogens with zero attached hydrogens (tertiary/aromatic N) is 12. The predicted molar refractivity (Wildman–Crippen MR) is 394 cm³/mol. The Morgan fingerprint density at radius 3 is 1.16 bits per heavy atom. The van der Waals surface area contributed by atoms with Gasteiger partial charge in [-0.3, -0.25) is 18.5 Å². The number of hydrogen-bond acceptors (Lipinski definition) is 39. The van der Waals surface area contributed by atoms with Crippen LogP contribution in [0.4, 0.5) is 62.6 Å². The molecule has 118 heavy (non-hydrogen) atoms. The number of hydrazone groups is 1. The van der Waals surface area contributed by atoms with Crippen LogP contribution < -0.4 is 10.3 Å². The molecule has 1 unspecified atom stereocenters. The third-order valence-electron chi connectivity index (χ3n) is 16.0. The smallest absolute Gasteiger partial charge is 0.355 e. The Bertz CT molecular complexity index is 7260. The maximum Gasteiger partial charge on any atom is 0.355 e. The monoisotopic (exact) mass is 1870 g/mol. The summed E-state index contributed by atoms with van der Waals surface area (Å²) in [6.07, 6.45) is 0. The molecule has 0 saturated heterocycles. The van der Waals surface area contributed by atoms with Crippen LogP contribution in [-0.4, -0.2) is 165 Å². The van der Waals surface area contributed by atoms with Gasteiger partial charge in [-0.05, 0) is 155 Å². The summed E-state index contributed by atoms with van der Waals surface area (Å²) < 4.78 is 274. The van der Waals surface area contributed by atoms with E-state index in [1.165, 1.54) is 66.7 Å². The fourth-order valence-electron chi connectivity index (χ4n) is 10.7. The summed E-state index contributed by atoms with van der Waals surface area (Å²) in [6, 6.07) is 28.2. The van der Waals surface area contributed by atoms with Crippen LogP contribution in [0.1, 0.15) is 0 Å². The second kappa shape index (κ2) is 34.1. The van der Waals surface area contributed by atoms with Crippen LogP contribution in [0.25, 0.3) is 43.1 Å². The van der Waals surface area contributed by atoms with Crippen LogP contribution in [0.5, 0.6) is 23.0 Å². The molecule has 0 fully saturated rings. The van der Waals surface area contributed by atoms with Gasteiger partial charge in [0.25, 0.3) is 36.3 Å². The zero-order valence-corrected chi connectivity index (χ0v) is 65.8. The Kier molecular flexibility index (Phi) is 26.1. The molecular formula is C64H42Cu2N13O31S8-5. The molecule has 1 atom stereocenters. The van der Waals surface area contributed by atoms with Gasteiger partial charge >= 0.3 is 5.97 Å². The molecule has 1 amide bonds. The number of hydrogen-bond donors (Lipinski definition) is 9. The Morgan fingerprint density at radius 2 is 0.780 bits per heavy atom. The van der Waals surface area contributed by atoms with Crippen molar-refractivity contribution in [2.75, 3.05) is 22.6 Å². The van der Waals surface area contributed by atoms with Crippen molar-refractivity contribution in [1.82, 2.24) is 0 Å². The summed E-state index contributed by atoms with van der Waals surface area (Å²) in [4.78, 5) is 19.0. The molecule has 0 aliphatic carbocycles. The average molecular weight is 1870 g/mol. The summed E-state index contributed by atoms with van der Waals surface area (Å²) in [5.74, 6) is -6.29. The molecule has 0 aromatic heterocycles. The largest absolute Gasteiger partial charge is 0.744 e. The van der Waals surface area contributed by atoms with E-state index >= 15 is 0 Å². The number of phenols is 4. The van der Waals surface area contributed by atoms with E-state index in [2.05, 4.69) is 61.6 Å². The van der Waals surface area contributed by atoms with Crippen LogP contribution in [0, 0.1) is 0 Å². The standard InChI is InChI=1S/C36H24N8O17S4.C28H23N5O14S4.2Cu/c45-28-15-21(38-37-19-3-1-17-11-24(63(53,54)55)16-29(25(17)13-19)64(56,57)58)5-10-27(28)40-41-31-30(65(59,60)61)12-18-2-4-20(14-26(18)34(31)46)39-42-32-33(36(48)49)43-44(35(32)47)22-6-8-23(9-7-22)62(50,51)52;34-24-13-19(31-30-18-4-2-15-9-20(49(39,40)41)14-25(21(15)12-18)50(42,43)44)5-6-23(24)32-33-27-26(51(45,46)47)10-16-1-3-17(11-22(16)28(27)35)29-7-8-48(36,37)38;;/h1-16,32,45-46H,(H,48,49)(H,50,51,52)(H,53,54,55)(H,56,57,58)(H,59,60,61);1-6,9-14,29,34-35H,7-8H2,(H,36,37,38)(H,39,40,41)(H,42,43,44)(H,45,46,47);;/p-5. The molecule has 2 radical (unpaired) electrons. The number of carbonyl (C=O) groups excluding carboxylic acids is 1. The molecule has 12 rings (SSSR count). The number of nitrogens with one attached hydrogen (secondary N) is 1. The SMILES string of the molecule is O=C(O)C1=NN(c2ccc(S(=O)(=O)[O-])cc2)C(=O)C1N=Nc1ccc2cc(S(=O)(=O)[O-])c(N=Nc3ccc(N=Nc4ccc5cc(S(=O)(=O)O)cc(S(=O)(=O)[O-])c5c4)cc3O)c(O)c2c1.O=S(=O)(O)CCNc1ccc2cc(S(=O)(=O)[O-])c(N=Nc3ccc(N=Nc4ccc5cc(S(=O)(=O)O)cc(S(=O)(=O)[O-])c5c4)cc3O)c(O)c2c1.[Cu].[Cu].